The minimum atomic E-state index is -1.90. The number of hydrogen-bond acceptors (Lipinski definition) is 11. The first-order valence-corrected chi connectivity index (χ1v) is 13.4. The fourth-order valence-electron chi connectivity index (χ4n) is 3.54. The van der Waals surface area contributed by atoms with Gasteiger partial charge in [-0.3, -0.25) is 24.0 Å². The summed E-state index contributed by atoms with van der Waals surface area (Å²) in [4.78, 5) is 84.0. The van der Waals surface area contributed by atoms with Crippen molar-refractivity contribution in [2.45, 2.75) is 108 Å². The maximum absolute atomic E-state index is 12.7. The lowest BCUT2D eigenvalue weighted by atomic mass is 10.0. The highest BCUT2D eigenvalue weighted by molar-refractivity contribution is 5.92. The van der Waals surface area contributed by atoms with Crippen LogP contribution in [0.2, 0.25) is 0 Å². The number of primary amides is 1. The van der Waals surface area contributed by atoms with Gasteiger partial charge < -0.3 is 57.0 Å². The number of carbonyl (C=O) groups excluding carboxylic acids is 6. The number of aliphatic hydroxyl groups is 3. The van der Waals surface area contributed by atoms with Crippen LogP contribution in [0.1, 0.15) is 59.8 Å². The molecule has 0 aromatic carbocycles. The standard InChI is InChI=1S/C25H43N5O12/c1-5-7-18(34)29-16(10-31)21(20(36)17(33)11-32)42-13(4)24(39)27-12(3)23(38)30-15(22(26)37)8-9-19(35)28-14(6-2)25(40)41/h10,12-17,20-21,32-33,36H,5-9,11H2,1-4H3,(H2,26,37)(H,27,39)(H,28,35)(H,29,34)(H,30,38)(H,40,41)/t12?,13?,14?,15?,16-,17+,20+,21+/m0/s1. The monoisotopic (exact) mass is 605 g/mol. The first kappa shape index (κ1) is 38.3. The average molecular weight is 606 g/mol. The zero-order chi connectivity index (χ0) is 32.6. The van der Waals surface area contributed by atoms with E-state index >= 15 is 0 Å². The van der Waals surface area contributed by atoms with Crippen LogP contribution in [0.25, 0.3) is 0 Å². The number of aliphatic carboxylic acids is 1. The number of amides is 5. The van der Waals surface area contributed by atoms with E-state index in [4.69, 9.17) is 15.6 Å². The second-order valence-corrected chi connectivity index (χ2v) is 9.56. The Morgan fingerprint density at radius 2 is 1.48 bits per heavy atom. The molecule has 8 atom stereocenters. The number of carboxylic acid groups (broad SMARTS) is 1. The topological polar surface area (TPSA) is 284 Å². The van der Waals surface area contributed by atoms with Gasteiger partial charge in [0.2, 0.25) is 29.5 Å². The molecule has 0 heterocycles. The lowest BCUT2D eigenvalue weighted by Gasteiger charge is -2.32. The van der Waals surface area contributed by atoms with E-state index in [0.717, 1.165) is 0 Å². The third-order valence-electron chi connectivity index (χ3n) is 6.07. The van der Waals surface area contributed by atoms with Crippen LogP contribution in [-0.4, -0.2) is 117 Å². The van der Waals surface area contributed by atoms with Crippen molar-refractivity contribution in [3.8, 4) is 0 Å². The fourth-order valence-corrected chi connectivity index (χ4v) is 3.54. The van der Waals surface area contributed by atoms with Crippen molar-refractivity contribution in [1.29, 1.82) is 0 Å². The van der Waals surface area contributed by atoms with Gasteiger partial charge in [0.1, 0.15) is 54.9 Å². The predicted molar refractivity (Wildman–Crippen MR) is 144 cm³/mol. The van der Waals surface area contributed by atoms with E-state index in [1.54, 1.807) is 13.8 Å². The lowest BCUT2D eigenvalue weighted by Crippen LogP contribution is -2.57. The summed E-state index contributed by atoms with van der Waals surface area (Å²) >= 11 is 0. The molecule has 0 saturated carbocycles. The van der Waals surface area contributed by atoms with Crippen molar-refractivity contribution >= 4 is 41.8 Å². The van der Waals surface area contributed by atoms with Crippen molar-refractivity contribution in [3.63, 3.8) is 0 Å². The number of carbonyl (C=O) groups is 7. The molecular weight excluding hydrogens is 562 g/mol. The molecule has 0 radical (unpaired) electrons. The molecule has 17 heteroatoms. The number of hydrogen-bond donors (Lipinski definition) is 9. The maximum Gasteiger partial charge on any atom is 0.326 e. The maximum atomic E-state index is 12.7. The fraction of sp³-hybridized carbons (Fsp3) is 0.720. The molecule has 0 aromatic rings. The van der Waals surface area contributed by atoms with E-state index < -0.39 is 90.7 Å². The first-order chi connectivity index (χ1) is 19.6. The van der Waals surface area contributed by atoms with Crippen molar-refractivity contribution in [1.82, 2.24) is 21.3 Å². The van der Waals surface area contributed by atoms with Gasteiger partial charge in [-0.05, 0) is 33.1 Å². The van der Waals surface area contributed by atoms with Gasteiger partial charge in [0.25, 0.3) is 0 Å². The van der Waals surface area contributed by atoms with Crippen molar-refractivity contribution < 1.29 is 58.7 Å². The van der Waals surface area contributed by atoms with Crippen LogP contribution < -0.4 is 27.0 Å². The molecule has 0 spiro atoms. The van der Waals surface area contributed by atoms with Crippen LogP contribution in [0.5, 0.6) is 0 Å². The molecule has 0 rings (SSSR count). The van der Waals surface area contributed by atoms with Crippen LogP contribution in [-0.2, 0) is 38.3 Å². The highest BCUT2D eigenvalue weighted by Gasteiger charge is 2.37. The van der Waals surface area contributed by atoms with Crippen molar-refractivity contribution in [2.24, 2.45) is 5.73 Å². The highest BCUT2D eigenvalue weighted by atomic mass is 16.5. The van der Waals surface area contributed by atoms with Crippen LogP contribution >= 0.6 is 0 Å². The molecule has 0 fully saturated rings. The molecular formula is C25H43N5O12. The number of nitrogens with one attached hydrogen (secondary N) is 4. The summed E-state index contributed by atoms with van der Waals surface area (Å²) in [6, 6.07) is -5.25. The quantitative estimate of drug-likeness (QED) is 0.0569. The van der Waals surface area contributed by atoms with Crippen molar-refractivity contribution in [3.05, 3.63) is 0 Å². The van der Waals surface area contributed by atoms with Crippen molar-refractivity contribution in [2.75, 3.05) is 6.61 Å². The van der Waals surface area contributed by atoms with Gasteiger partial charge in [0.15, 0.2) is 0 Å². The second kappa shape index (κ2) is 19.5. The molecule has 0 aromatic heterocycles. The largest absolute Gasteiger partial charge is 0.480 e. The van der Waals surface area contributed by atoms with Crippen LogP contribution in [0.4, 0.5) is 0 Å². The van der Waals surface area contributed by atoms with Crippen LogP contribution in [0.3, 0.4) is 0 Å². The van der Waals surface area contributed by atoms with E-state index in [-0.39, 0.29) is 32.0 Å². The summed E-state index contributed by atoms with van der Waals surface area (Å²) in [5, 5.41) is 47.7. The summed E-state index contributed by atoms with van der Waals surface area (Å²) in [7, 11) is 0. The third kappa shape index (κ3) is 13.3. The second-order valence-electron chi connectivity index (χ2n) is 9.56. The summed E-state index contributed by atoms with van der Waals surface area (Å²) in [5.41, 5.74) is 5.30. The summed E-state index contributed by atoms with van der Waals surface area (Å²) < 4.78 is 5.48. The molecule has 10 N–H and O–H groups in total. The molecule has 17 nitrogen and oxygen atoms in total. The van der Waals surface area contributed by atoms with Crippen LogP contribution in [0.15, 0.2) is 0 Å². The highest BCUT2D eigenvalue weighted by Crippen LogP contribution is 2.13. The molecule has 0 aliphatic carbocycles. The van der Waals surface area contributed by atoms with Gasteiger partial charge in [0, 0.05) is 12.8 Å². The van der Waals surface area contributed by atoms with E-state index in [1.807, 2.05) is 0 Å². The number of ether oxygens (including phenoxy) is 1. The minimum Gasteiger partial charge on any atom is -0.480 e. The molecule has 0 bridgehead atoms. The molecule has 0 aliphatic heterocycles. The summed E-state index contributed by atoms with van der Waals surface area (Å²) in [5.74, 6) is -5.26. The van der Waals surface area contributed by atoms with E-state index in [2.05, 4.69) is 21.3 Å². The van der Waals surface area contributed by atoms with Gasteiger partial charge in [0.05, 0.1) is 6.61 Å². The van der Waals surface area contributed by atoms with Gasteiger partial charge >= 0.3 is 5.97 Å². The molecule has 0 saturated heterocycles. The van der Waals surface area contributed by atoms with Crippen LogP contribution in [0, 0.1) is 0 Å². The Kier molecular flexibility index (Phi) is 17.8. The third-order valence-corrected chi connectivity index (χ3v) is 6.07. The Morgan fingerprint density at radius 1 is 0.881 bits per heavy atom. The zero-order valence-corrected chi connectivity index (χ0v) is 24.1. The number of aliphatic hydroxyl groups excluding tert-OH is 3. The Morgan fingerprint density at radius 3 is 1.95 bits per heavy atom. The molecule has 5 amide bonds. The Labute approximate surface area is 242 Å². The first-order valence-electron chi connectivity index (χ1n) is 13.4. The number of rotatable bonds is 21. The summed E-state index contributed by atoms with van der Waals surface area (Å²) in [6.45, 7) is 4.80. The minimum absolute atomic E-state index is 0.0386. The van der Waals surface area contributed by atoms with E-state index in [1.165, 1.54) is 13.8 Å². The average Bonchev–Trinajstić information content (AvgIpc) is 2.93. The Balaban J connectivity index is 5.35. The Bertz CT molecular complexity index is 949. The Hall–Kier alpha value is -3.67. The van der Waals surface area contributed by atoms with E-state index in [9.17, 15) is 48.9 Å². The lowest BCUT2D eigenvalue weighted by molar-refractivity contribution is -0.158. The molecule has 0 aliphatic rings. The summed E-state index contributed by atoms with van der Waals surface area (Å²) in [6.07, 6.45) is -6.57. The smallest absolute Gasteiger partial charge is 0.326 e. The molecule has 42 heavy (non-hydrogen) atoms. The van der Waals surface area contributed by atoms with Gasteiger partial charge in [-0.2, -0.15) is 0 Å². The SMILES string of the molecule is CCCC(=O)N[C@@H](C=O)[C@@H](OC(C)C(=O)NC(C)C(=O)NC(CCC(=O)NC(CC)C(=O)O)C(N)=O)[C@H](O)[C@H](O)CO. The zero-order valence-electron chi connectivity index (χ0n) is 24.1. The van der Waals surface area contributed by atoms with Gasteiger partial charge in [-0.1, -0.05) is 13.8 Å². The van der Waals surface area contributed by atoms with E-state index in [0.29, 0.717) is 6.42 Å². The predicted octanol–water partition coefficient (Wildman–Crippen LogP) is -3.81. The van der Waals surface area contributed by atoms with Gasteiger partial charge in [-0.25, -0.2) is 4.79 Å². The number of nitrogens with two attached hydrogens (primary N) is 1. The van der Waals surface area contributed by atoms with Gasteiger partial charge in [-0.15, -0.1) is 0 Å². The normalized spacial score (nSPS) is 16.7. The molecule has 240 valence electrons. The number of carboxylic acids is 1. The number of aldehydes is 1. The molecule has 4 unspecified atom stereocenters.